The van der Waals surface area contributed by atoms with Crippen LogP contribution in [0, 0.1) is 17.3 Å². The van der Waals surface area contributed by atoms with Gasteiger partial charge < -0.3 is 14.1 Å². The summed E-state index contributed by atoms with van der Waals surface area (Å²) in [5.41, 5.74) is 0.890. The van der Waals surface area contributed by atoms with Crippen LogP contribution in [0.5, 0.6) is 6.08 Å². The number of nitrogens with zero attached hydrogens (tertiary/aromatic N) is 3. The van der Waals surface area contributed by atoms with Crippen LogP contribution in [0.3, 0.4) is 0 Å². The Morgan fingerprint density at radius 3 is 2.65 bits per heavy atom. The number of carbonyl (C=O) groups excluding carboxylic acids is 3. The van der Waals surface area contributed by atoms with Crippen molar-refractivity contribution in [2.24, 2.45) is 17.3 Å². The second-order valence-electron chi connectivity index (χ2n) is 16.3. The molecule has 11 nitrogen and oxygen atoms in total. The predicted octanol–water partition coefficient (Wildman–Crippen LogP) is 6.27. The van der Waals surface area contributed by atoms with Gasteiger partial charge in [-0.15, -0.1) is 11.3 Å². The fraction of sp³-hybridized carbons (Fsp3) is 0.605. The summed E-state index contributed by atoms with van der Waals surface area (Å²) in [6.45, 7) is 8.15. The number of rotatable bonds is 7. The Morgan fingerprint density at radius 2 is 1.92 bits per heavy atom. The van der Waals surface area contributed by atoms with Gasteiger partial charge in [-0.3, -0.25) is 19.1 Å². The summed E-state index contributed by atoms with van der Waals surface area (Å²) < 4.78 is 39.7. The molecule has 2 aliphatic carbocycles. The summed E-state index contributed by atoms with van der Waals surface area (Å²) in [5, 5.41) is 2.95. The first-order valence-electron chi connectivity index (χ1n) is 18.2. The molecule has 7 rings (SSSR count). The van der Waals surface area contributed by atoms with Crippen LogP contribution < -0.4 is 9.46 Å². The number of allylic oxidation sites excluding steroid dienone is 2. The van der Waals surface area contributed by atoms with Crippen LogP contribution in [0.15, 0.2) is 46.2 Å². The number of Topliss-reactive ketones (excluding diaryl/α,β-unsaturated/α-hetero) is 1. The Labute approximate surface area is 303 Å². The molecule has 1 N–H and O–H groups in total. The van der Waals surface area contributed by atoms with E-state index in [9.17, 15) is 22.8 Å². The molecule has 0 unspecified atom stereocenters. The first kappa shape index (κ1) is 35.8. The van der Waals surface area contributed by atoms with E-state index < -0.39 is 44.2 Å². The second-order valence-corrected chi connectivity index (χ2v) is 19.4. The number of aromatic nitrogens is 2. The Kier molecular flexibility index (Phi) is 9.43. The van der Waals surface area contributed by atoms with Crippen LogP contribution in [0.1, 0.15) is 103 Å². The zero-order valence-electron chi connectivity index (χ0n) is 29.9. The molecular weight excluding hydrogens is 689 g/mol. The summed E-state index contributed by atoms with van der Waals surface area (Å²) in [6.07, 6.45) is 9.56. The van der Waals surface area contributed by atoms with Gasteiger partial charge in [0.25, 0.3) is 0 Å². The maximum absolute atomic E-state index is 14.7. The standard InChI is InChI=1S/C38H48N4O7S2/c1-36(2,3)31-23-50-32(40-31)18-24-12-8-6-5-7-9-13-25-20-38(25,34(45)41-51(46,47)37(4)16-17-37)21-29(43)28-19-26(22-42(28)33(24)44)48-35-39-27-14-10-11-15-30(27)49-35/h9-11,13-15,23-26,28H,5-8,12,16-22H2,1-4H3,(H,41,45)/b13-9-/t24-,25-,26-,28+,38-/m1/s1. The quantitative estimate of drug-likeness (QED) is 0.277. The van der Waals surface area contributed by atoms with Crippen molar-refractivity contribution in [1.29, 1.82) is 0 Å². The number of thiazole rings is 1. The molecule has 0 bridgehead atoms. The molecule has 2 amide bonds. The van der Waals surface area contributed by atoms with E-state index in [4.69, 9.17) is 14.1 Å². The SMILES string of the molecule is CC(C)(C)c1csc(C[C@H]2CCCCC/C=C\[C@@H]3C[C@@]3(C(=O)NS(=O)(=O)C3(C)CC3)CC(=O)[C@@H]3C[C@@H](Oc4nc5ccccc5o4)CN3C2=O)n1. The molecular formula is C38H48N4O7S2. The Bertz CT molecular complexity index is 1920. The third kappa shape index (κ3) is 7.38. The summed E-state index contributed by atoms with van der Waals surface area (Å²) in [6, 6.07) is 6.46. The molecule has 51 heavy (non-hydrogen) atoms. The third-order valence-corrected chi connectivity index (χ3v) is 14.3. The number of hydrogen-bond acceptors (Lipinski definition) is 10. The van der Waals surface area contributed by atoms with Crippen LogP contribution in [-0.2, 0) is 36.2 Å². The largest absolute Gasteiger partial charge is 0.445 e. The maximum atomic E-state index is 14.7. The average Bonchev–Trinajstić information content (AvgIpc) is 3.73. The highest BCUT2D eigenvalue weighted by Gasteiger charge is 2.62. The number of ketones is 1. The van der Waals surface area contributed by atoms with Crippen molar-refractivity contribution >= 4 is 50.1 Å². The Hall–Kier alpha value is -3.58. The molecule has 2 aliphatic heterocycles. The zero-order valence-corrected chi connectivity index (χ0v) is 31.5. The van der Waals surface area contributed by atoms with Crippen molar-refractivity contribution in [2.75, 3.05) is 6.54 Å². The van der Waals surface area contributed by atoms with E-state index in [-0.39, 0.29) is 48.5 Å². The molecule has 13 heteroatoms. The number of hydrogen-bond donors (Lipinski definition) is 1. The first-order chi connectivity index (χ1) is 24.2. The number of para-hydroxylation sites is 2. The van der Waals surface area contributed by atoms with Gasteiger partial charge in [-0.25, -0.2) is 13.4 Å². The van der Waals surface area contributed by atoms with Gasteiger partial charge in [0.1, 0.15) is 11.6 Å². The normalized spacial score (nSPS) is 29.1. The van der Waals surface area contributed by atoms with Crippen molar-refractivity contribution in [3.63, 3.8) is 0 Å². The molecule has 3 aromatic rings. The summed E-state index contributed by atoms with van der Waals surface area (Å²) in [5.74, 6) is -1.69. The highest BCUT2D eigenvalue weighted by Crippen LogP contribution is 2.57. The molecule has 0 spiro atoms. The monoisotopic (exact) mass is 736 g/mol. The molecule has 2 aromatic heterocycles. The van der Waals surface area contributed by atoms with Gasteiger partial charge in [0.05, 0.1) is 33.5 Å². The van der Waals surface area contributed by atoms with Gasteiger partial charge in [-0.2, -0.15) is 4.98 Å². The number of benzene rings is 1. The van der Waals surface area contributed by atoms with Gasteiger partial charge in [-0.05, 0) is 63.5 Å². The van der Waals surface area contributed by atoms with Crippen molar-refractivity contribution in [3.8, 4) is 6.08 Å². The lowest BCUT2D eigenvalue weighted by Gasteiger charge is -2.29. The number of fused-ring (bicyclic) bond motifs is 3. The lowest BCUT2D eigenvalue weighted by Crippen LogP contribution is -2.47. The van der Waals surface area contributed by atoms with Crippen molar-refractivity contribution in [1.82, 2.24) is 19.6 Å². The molecule has 5 atom stereocenters. The average molecular weight is 737 g/mol. The van der Waals surface area contributed by atoms with Crippen LogP contribution in [-0.4, -0.2) is 64.3 Å². The minimum Gasteiger partial charge on any atom is -0.445 e. The summed E-state index contributed by atoms with van der Waals surface area (Å²) >= 11 is 1.56. The topological polar surface area (TPSA) is 149 Å². The predicted molar refractivity (Wildman–Crippen MR) is 194 cm³/mol. The van der Waals surface area contributed by atoms with Crippen LogP contribution in [0.4, 0.5) is 0 Å². The van der Waals surface area contributed by atoms with E-state index in [1.807, 2.05) is 24.3 Å². The number of carbonyl (C=O) groups is 3. The lowest BCUT2D eigenvalue weighted by atomic mass is 9.90. The molecule has 2 saturated carbocycles. The first-order valence-corrected chi connectivity index (χ1v) is 20.6. The van der Waals surface area contributed by atoms with Gasteiger partial charge in [0.15, 0.2) is 11.4 Å². The lowest BCUT2D eigenvalue weighted by molar-refractivity contribution is -0.142. The molecule has 1 aromatic carbocycles. The maximum Gasteiger partial charge on any atom is 0.394 e. The number of oxazole rings is 1. The molecule has 4 aliphatic rings. The van der Waals surface area contributed by atoms with E-state index in [0.29, 0.717) is 43.2 Å². The van der Waals surface area contributed by atoms with Crippen molar-refractivity contribution < 1.29 is 32.0 Å². The van der Waals surface area contributed by atoms with Crippen LogP contribution in [0.25, 0.3) is 11.1 Å². The highest BCUT2D eigenvalue weighted by atomic mass is 32.2. The van der Waals surface area contributed by atoms with Gasteiger partial charge in [0.2, 0.25) is 21.8 Å². The second kappa shape index (κ2) is 13.4. The van der Waals surface area contributed by atoms with E-state index >= 15 is 0 Å². The van der Waals surface area contributed by atoms with Gasteiger partial charge in [-0.1, -0.05) is 57.9 Å². The minimum absolute atomic E-state index is 0.0694. The summed E-state index contributed by atoms with van der Waals surface area (Å²) in [4.78, 5) is 54.0. The number of ether oxygens (including phenoxy) is 1. The third-order valence-electron chi connectivity index (χ3n) is 11.2. The van der Waals surface area contributed by atoms with E-state index in [0.717, 1.165) is 36.4 Å². The molecule has 274 valence electrons. The van der Waals surface area contributed by atoms with Gasteiger partial charge in [0, 0.05) is 36.0 Å². The smallest absolute Gasteiger partial charge is 0.394 e. The van der Waals surface area contributed by atoms with E-state index in [2.05, 4.69) is 41.9 Å². The highest BCUT2D eigenvalue weighted by molar-refractivity contribution is 7.91. The van der Waals surface area contributed by atoms with Crippen LogP contribution >= 0.6 is 11.3 Å². The fourth-order valence-corrected chi connectivity index (χ4v) is 9.86. The van der Waals surface area contributed by atoms with Gasteiger partial charge >= 0.3 is 6.08 Å². The molecule has 0 radical (unpaired) electrons. The minimum atomic E-state index is -3.90. The van der Waals surface area contributed by atoms with E-state index in [1.54, 1.807) is 29.2 Å². The zero-order chi connectivity index (χ0) is 36.2. The van der Waals surface area contributed by atoms with Crippen molar-refractivity contribution in [3.05, 3.63) is 52.5 Å². The number of nitrogens with one attached hydrogen (secondary N) is 1. The Morgan fingerprint density at radius 1 is 1.14 bits per heavy atom. The molecule has 1 saturated heterocycles. The van der Waals surface area contributed by atoms with E-state index in [1.165, 1.54) is 0 Å². The molecule has 3 fully saturated rings. The number of sulfonamides is 1. The van der Waals surface area contributed by atoms with Crippen molar-refractivity contribution in [2.45, 2.75) is 121 Å². The van der Waals surface area contributed by atoms with Crippen LogP contribution in [0.2, 0.25) is 0 Å². The number of amides is 2. The molecule has 4 heterocycles. The Balaban J connectivity index is 1.18. The summed E-state index contributed by atoms with van der Waals surface area (Å²) in [7, 11) is -3.90. The fourth-order valence-electron chi connectivity index (χ4n) is 7.42.